The van der Waals surface area contributed by atoms with Crippen molar-refractivity contribution in [3.05, 3.63) is 119 Å². The Morgan fingerprint density at radius 1 is 0.488 bits per heavy atom. The van der Waals surface area contributed by atoms with Crippen molar-refractivity contribution in [3.8, 4) is 0 Å². The average molecular weight is 622 g/mol. The second kappa shape index (κ2) is 16.2. The number of carbonyl (C=O) groups excluding carboxylic acids is 1. The Morgan fingerprint density at radius 3 is 0.930 bits per heavy atom. The zero-order chi connectivity index (χ0) is 32.2. The Hall–Kier alpha value is -4.58. The lowest BCUT2D eigenvalue weighted by molar-refractivity contribution is -0.849. The van der Waals surface area contributed by atoms with Gasteiger partial charge in [0, 0.05) is 25.1 Å². The molecular formula is C32H31NO8S2. The molecule has 0 aliphatic carbocycles. The molecule has 0 fully saturated rings. The van der Waals surface area contributed by atoms with Gasteiger partial charge in [-0.3, -0.25) is 0 Å². The molecule has 0 amide bonds. The predicted molar refractivity (Wildman–Crippen MR) is 163 cm³/mol. The van der Waals surface area contributed by atoms with E-state index >= 15 is 0 Å². The molecule has 0 atom stereocenters. The molecule has 0 spiro atoms. The van der Waals surface area contributed by atoms with Gasteiger partial charge in [0.25, 0.3) is 0 Å². The second-order valence-corrected chi connectivity index (χ2v) is 12.2. The van der Waals surface area contributed by atoms with Crippen LogP contribution in [0.1, 0.15) is 41.4 Å². The van der Waals surface area contributed by atoms with Crippen molar-refractivity contribution in [2.75, 3.05) is 28.2 Å². The molecular weight excluding hydrogens is 590 g/mol. The zero-order valence-corrected chi connectivity index (χ0v) is 25.5. The minimum atomic E-state index is -1.28. The van der Waals surface area contributed by atoms with Crippen LogP contribution in [-0.4, -0.2) is 71.9 Å². The smallest absolute Gasteiger partial charge is 0.336 e. The summed E-state index contributed by atoms with van der Waals surface area (Å²) in [5.74, 6) is -4.39. The molecule has 0 aromatic heterocycles. The predicted octanol–water partition coefficient (Wildman–Crippen LogP) is 5.46. The van der Waals surface area contributed by atoms with Crippen molar-refractivity contribution in [2.24, 2.45) is 0 Å². The summed E-state index contributed by atoms with van der Waals surface area (Å²) in [6, 6.07) is 25.8. The molecule has 11 heteroatoms. The van der Waals surface area contributed by atoms with Crippen LogP contribution in [0.15, 0.2) is 117 Å². The van der Waals surface area contributed by atoms with E-state index in [0.29, 0.717) is 19.6 Å². The summed E-state index contributed by atoms with van der Waals surface area (Å²) in [6.07, 6.45) is 0. The molecule has 0 saturated carbocycles. The summed E-state index contributed by atoms with van der Waals surface area (Å²) in [7, 11) is 8.50. The van der Waals surface area contributed by atoms with Crippen molar-refractivity contribution in [1.29, 1.82) is 0 Å². The molecule has 0 heterocycles. The molecule has 4 aromatic carbocycles. The van der Waals surface area contributed by atoms with Crippen LogP contribution in [0.5, 0.6) is 0 Å². The van der Waals surface area contributed by atoms with Crippen molar-refractivity contribution in [3.63, 3.8) is 0 Å². The van der Waals surface area contributed by atoms with Crippen LogP contribution in [0.25, 0.3) is 0 Å². The molecule has 9 nitrogen and oxygen atoms in total. The van der Waals surface area contributed by atoms with E-state index in [1.807, 2.05) is 0 Å². The second-order valence-electron chi connectivity index (χ2n) is 10.1. The number of nitrogens with zero attached hydrogens (tertiary/aromatic N) is 1. The largest absolute Gasteiger partial charge is 0.545 e. The van der Waals surface area contributed by atoms with Crippen LogP contribution < -0.4 is 5.11 Å². The van der Waals surface area contributed by atoms with Gasteiger partial charge in [-0.05, 0) is 42.5 Å². The Morgan fingerprint density at radius 2 is 0.698 bits per heavy atom. The minimum absolute atomic E-state index is 0.0488. The lowest BCUT2D eigenvalue weighted by Gasteiger charge is -2.14. The lowest BCUT2D eigenvalue weighted by atomic mass is 10.2. The lowest BCUT2D eigenvalue weighted by Crippen LogP contribution is -2.27. The van der Waals surface area contributed by atoms with E-state index in [9.17, 15) is 24.3 Å². The van der Waals surface area contributed by atoms with Crippen molar-refractivity contribution < 1.29 is 44.1 Å². The van der Waals surface area contributed by atoms with Gasteiger partial charge in [0.2, 0.25) is 0 Å². The normalized spacial score (nSPS) is 10.3. The summed E-state index contributed by atoms with van der Waals surface area (Å²) in [6.45, 7) is 0. The third-order valence-corrected chi connectivity index (χ3v) is 7.20. The number of quaternary nitrogens is 1. The van der Waals surface area contributed by atoms with Crippen LogP contribution in [0.3, 0.4) is 0 Å². The number of aromatic carboxylic acids is 4. The molecule has 0 radical (unpaired) electrons. The zero-order valence-electron chi connectivity index (χ0n) is 23.9. The van der Waals surface area contributed by atoms with Crippen molar-refractivity contribution >= 4 is 47.4 Å². The van der Waals surface area contributed by atoms with Gasteiger partial charge in [-0.1, -0.05) is 78.1 Å². The molecule has 0 aliphatic heterocycles. The highest BCUT2D eigenvalue weighted by Crippen LogP contribution is 2.33. The molecule has 0 bridgehead atoms. The number of hydrogen-bond donors (Lipinski definition) is 3. The summed E-state index contributed by atoms with van der Waals surface area (Å²) in [5, 5.41) is 38.3. The molecule has 0 saturated heterocycles. The standard InChI is InChI=1S/2C14H10O4S.C4H12N/c2*15-13(16)9-5-1-3-7-11(9)19-12-8-4-2-6-10(12)14(17)18;1-5(2,3)4/h2*1-8H,(H,15,16)(H,17,18);1-4H3/q;;+1/p-1. The SMILES string of the molecule is C[N+](C)(C)C.O=C(O)c1ccccc1Sc1ccccc1C(=O)O.O=C([O-])c1ccccc1Sc1ccccc1C(=O)O. The molecule has 0 aliphatic rings. The fourth-order valence-electron chi connectivity index (χ4n) is 3.16. The number of benzene rings is 4. The maximum Gasteiger partial charge on any atom is 0.336 e. The minimum Gasteiger partial charge on any atom is -0.545 e. The molecule has 0 unspecified atom stereocenters. The van der Waals surface area contributed by atoms with E-state index in [4.69, 9.17) is 15.3 Å². The van der Waals surface area contributed by atoms with Gasteiger partial charge in [0.15, 0.2) is 0 Å². The molecule has 4 aromatic rings. The van der Waals surface area contributed by atoms with Gasteiger partial charge in [0.05, 0.1) is 50.9 Å². The first-order valence-electron chi connectivity index (χ1n) is 12.6. The molecule has 3 N–H and O–H groups in total. The van der Waals surface area contributed by atoms with Gasteiger partial charge in [0.1, 0.15) is 0 Å². The van der Waals surface area contributed by atoms with Crippen LogP contribution in [0, 0.1) is 0 Å². The topological polar surface area (TPSA) is 152 Å². The Bertz CT molecular complexity index is 1370. The number of carboxylic acids is 4. The summed E-state index contributed by atoms with van der Waals surface area (Å²) in [5.41, 5.74) is 0.508. The van der Waals surface area contributed by atoms with Crippen LogP contribution in [0.4, 0.5) is 0 Å². The van der Waals surface area contributed by atoms with Crippen molar-refractivity contribution in [2.45, 2.75) is 19.6 Å². The van der Waals surface area contributed by atoms with Gasteiger partial charge < -0.3 is 29.7 Å². The van der Waals surface area contributed by atoms with Gasteiger partial charge in [-0.25, -0.2) is 14.4 Å². The number of hydrogen-bond acceptors (Lipinski definition) is 7. The summed E-state index contributed by atoms with van der Waals surface area (Å²) in [4.78, 5) is 46.3. The number of carbonyl (C=O) groups is 4. The summed E-state index contributed by atoms with van der Waals surface area (Å²) < 4.78 is 1.00. The monoisotopic (exact) mass is 621 g/mol. The first kappa shape index (κ1) is 34.6. The Balaban J connectivity index is 0.000000260. The molecule has 43 heavy (non-hydrogen) atoms. The number of carboxylic acid groups (broad SMARTS) is 4. The van der Waals surface area contributed by atoms with E-state index in [2.05, 4.69) is 28.2 Å². The highest BCUT2D eigenvalue weighted by atomic mass is 32.2. The van der Waals surface area contributed by atoms with E-state index in [1.54, 1.807) is 72.8 Å². The first-order valence-corrected chi connectivity index (χ1v) is 14.2. The maximum atomic E-state index is 11.1. The van der Waals surface area contributed by atoms with Gasteiger partial charge in [-0.2, -0.15) is 0 Å². The fourth-order valence-corrected chi connectivity index (χ4v) is 5.28. The average Bonchev–Trinajstić information content (AvgIpc) is 2.93. The van der Waals surface area contributed by atoms with E-state index in [0.717, 1.165) is 28.0 Å². The van der Waals surface area contributed by atoms with E-state index in [1.165, 1.54) is 24.3 Å². The molecule has 4 rings (SSSR count). The van der Waals surface area contributed by atoms with Crippen molar-refractivity contribution in [1.82, 2.24) is 0 Å². The third-order valence-electron chi connectivity index (χ3n) is 4.90. The first-order chi connectivity index (χ1) is 20.2. The molecule has 224 valence electrons. The fraction of sp³-hybridized carbons (Fsp3) is 0.125. The van der Waals surface area contributed by atoms with Gasteiger partial charge in [-0.15, -0.1) is 0 Å². The Labute approximate surface area is 258 Å². The quantitative estimate of drug-likeness (QED) is 0.216. The summed E-state index contributed by atoms with van der Waals surface area (Å²) >= 11 is 2.23. The highest BCUT2D eigenvalue weighted by Gasteiger charge is 2.15. The van der Waals surface area contributed by atoms with Crippen LogP contribution in [-0.2, 0) is 0 Å². The van der Waals surface area contributed by atoms with Gasteiger partial charge >= 0.3 is 17.9 Å². The van der Waals surface area contributed by atoms with Crippen LogP contribution >= 0.6 is 23.5 Å². The van der Waals surface area contributed by atoms with E-state index in [-0.39, 0.29) is 22.3 Å². The number of rotatable bonds is 8. The van der Waals surface area contributed by atoms with Crippen LogP contribution in [0.2, 0.25) is 0 Å². The third kappa shape index (κ3) is 11.7. The Kier molecular flexibility index (Phi) is 13.0. The van der Waals surface area contributed by atoms with E-state index < -0.39 is 23.9 Å². The maximum absolute atomic E-state index is 11.1. The highest BCUT2D eigenvalue weighted by molar-refractivity contribution is 7.99.